The maximum Gasteiger partial charge on any atom is 0.322 e. The number of fused-ring (bicyclic) bond motifs is 1. The van der Waals surface area contributed by atoms with E-state index in [0.717, 1.165) is 16.5 Å². The third-order valence-corrected chi connectivity index (χ3v) is 5.19. The van der Waals surface area contributed by atoms with E-state index in [-0.39, 0.29) is 17.6 Å². The fourth-order valence-electron chi connectivity index (χ4n) is 2.77. The van der Waals surface area contributed by atoms with Crippen molar-refractivity contribution in [2.24, 2.45) is 10.1 Å². The Morgan fingerprint density at radius 1 is 1.29 bits per heavy atom. The molecule has 2 atom stereocenters. The molecule has 3 rings (SSSR count). The predicted octanol–water partition coefficient (Wildman–Crippen LogP) is 2.15. The van der Waals surface area contributed by atoms with Gasteiger partial charge in [0.1, 0.15) is 11.1 Å². The molecule has 0 aliphatic carbocycles. The first kappa shape index (κ1) is 16.6. The summed E-state index contributed by atoms with van der Waals surface area (Å²) < 4.78 is 5.13. The number of nitrogens with zero attached hydrogens (tertiary/aromatic N) is 4. The van der Waals surface area contributed by atoms with Gasteiger partial charge in [-0.25, -0.2) is 9.79 Å². The lowest BCUT2D eigenvalue weighted by Crippen LogP contribution is -2.35. The highest BCUT2D eigenvalue weighted by molar-refractivity contribution is 8.14. The molecule has 0 bridgehead atoms. The lowest BCUT2D eigenvalue weighted by atomic mass is 10.2. The van der Waals surface area contributed by atoms with E-state index in [9.17, 15) is 4.79 Å². The third-order valence-electron chi connectivity index (χ3n) is 4.03. The number of nitrogens with one attached hydrogen (secondary N) is 1. The molecule has 1 N–H and O–H groups in total. The minimum Gasteiger partial charge on any atom is -0.497 e. The Morgan fingerprint density at radius 2 is 2.00 bits per heavy atom. The third kappa shape index (κ3) is 3.06. The van der Waals surface area contributed by atoms with E-state index in [1.807, 2.05) is 43.0 Å². The SMILES string of the molecule is CCN1C(=O)N(CC)C2SC(N/N=C/c3ccc(OC)cc3)=NC21. The topological polar surface area (TPSA) is 69.5 Å². The van der Waals surface area contributed by atoms with E-state index in [0.29, 0.717) is 13.1 Å². The number of amidine groups is 1. The van der Waals surface area contributed by atoms with Gasteiger partial charge < -0.3 is 9.64 Å². The molecule has 2 amide bonds. The lowest BCUT2D eigenvalue weighted by molar-refractivity contribution is 0.190. The van der Waals surface area contributed by atoms with Crippen molar-refractivity contribution in [3.8, 4) is 5.75 Å². The number of hydrogen-bond acceptors (Lipinski definition) is 6. The summed E-state index contributed by atoms with van der Waals surface area (Å²) in [6.45, 7) is 5.30. The van der Waals surface area contributed by atoms with Crippen LogP contribution in [-0.4, -0.2) is 59.0 Å². The summed E-state index contributed by atoms with van der Waals surface area (Å²) in [5.41, 5.74) is 3.94. The Labute approximate surface area is 145 Å². The first-order valence-electron chi connectivity index (χ1n) is 7.92. The van der Waals surface area contributed by atoms with Crippen LogP contribution in [0.3, 0.4) is 0 Å². The van der Waals surface area contributed by atoms with Crippen molar-refractivity contribution in [3.05, 3.63) is 29.8 Å². The Hall–Kier alpha value is -2.22. The van der Waals surface area contributed by atoms with Crippen LogP contribution in [0.25, 0.3) is 0 Å². The van der Waals surface area contributed by atoms with Crippen molar-refractivity contribution in [3.63, 3.8) is 0 Å². The van der Waals surface area contributed by atoms with Crippen LogP contribution in [-0.2, 0) is 0 Å². The van der Waals surface area contributed by atoms with E-state index in [1.54, 1.807) is 30.0 Å². The fraction of sp³-hybridized carbons (Fsp3) is 0.438. The van der Waals surface area contributed by atoms with Crippen LogP contribution in [0.2, 0.25) is 0 Å². The summed E-state index contributed by atoms with van der Waals surface area (Å²) in [7, 11) is 1.64. The second kappa shape index (κ2) is 7.12. The molecule has 0 saturated carbocycles. The molecular weight excluding hydrogens is 326 g/mol. The quantitative estimate of drug-likeness (QED) is 0.654. The van der Waals surface area contributed by atoms with E-state index < -0.39 is 0 Å². The van der Waals surface area contributed by atoms with Crippen molar-refractivity contribution in [2.45, 2.75) is 25.4 Å². The van der Waals surface area contributed by atoms with E-state index in [4.69, 9.17) is 4.74 Å². The van der Waals surface area contributed by atoms with Crippen LogP contribution in [0.5, 0.6) is 5.75 Å². The number of carbonyl (C=O) groups is 1. The Bertz CT molecular complexity index is 661. The molecule has 24 heavy (non-hydrogen) atoms. The molecule has 1 aromatic carbocycles. The molecule has 1 fully saturated rings. The summed E-state index contributed by atoms with van der Waals surface area (Å²) in [5, 5.41) is 5.00. The van der Waals surface area contributed by atoms with Crippen LogP contribution < -0.4 is 10.2 Å². The summed E-state index contributed by atoms with van der Waals surface area (Å²) in [6.07, 6.45) is 1.60. The summed E-state index contributed by atoms with van der Waals surface area (Å²) in [4.78, 5) is 20.5. The second-order valence-electron chi connectivity index (χ2n) is 5.35. The number of carbonyl (C=O) groups excluding carboxylic acids is 1. The fourth-order valence-corrected chi connectivity index (χ4v) is 3.97. The number of urea groups is 1. The molecule has 2 heterocycles. The van der Waals surface area contributed by atoms with Crippen LogP contribution >= 0.6 is 11.8 Å². The molecule has 2 aliphatic rings. The Balaban J connectivity index is 1.63. The predicted molar refractivity (Wildman–Crippen MR) is 96.5 cm³/mol. The van der Waals surface area contributed by atoms with Crippen molar-refractivity contribution in [1.29, 1.82) is 0 Å². The number of thioether (sulfide) groups is 1. The van der Waals surface area contributed by atoms with Gasteiger partial charge in [0.2, 0.25) is 0 Å². The number of amides is 2. The van der Waals surface area contributed by atoms with Crippen molar-refractivity contribution < 1.29 is 9.53 Å². The first-order valence-corrected chi connectivity index (χ1v) is 8.80. The van der Waals surface area contributed by atoms with Crippen LogP contribution in [0.4, 0.5) is 4.79 Å². The maximum absolute atomic E-state index is 12.2. The van der Waals surface area contributed by atoms with Gasteiger partial charge in [0.25, 0.3) is 0 Å². The number of methoxy groups -OCH3 is 1. The molecule has 1 saturated heterocycles. The van der Waals surface area contributed by atoms with Crippen molar-refractivity contribution >= 4 is 29.2 Å². The van der Waals surface area contributed by atoms with Crippen molar-refractivity contribution in [2.75, 3.05) is 20.2 Å². The van der Waals surface area contributed by atoms with Gasteiger partial charge in [-0.05, 0) is 43.7 Å². The largest absolute Gasteiger partial charge is 0.497 e. The monoisotopic (exact) mass is 347 g/mol. The first-order chi connectivity index (χ1) is 11.7. The molecule has 2 aliphatic heterocycles. The van der Waals surface area contributed by atoms with Gasteiger partial charge >= 0.3 is 6.03 Å². The molecule has 0 spiro atoms. The van der Waals surface area contributed by atoms with E-state index in [1.165, 1.54) is 0 Å². The molecule has 0 radical (unpaired) electrons. The number of hydrogen-bond donors (Lipinski definition) is 1. The highest BCUT2D eigenvalue weighted by atomic mass is 32.2. The number of aliphatic imine (C=N–C) groups is 1. The maximum atomic E-state index is 12.2. The molecular formula is C16H21N5O2S. The highest BCUT2D eigenvalue weighted by Crippen LogP contribution is 2.36. The lowest BCUT2D eigenvalue weighted by Gasteiger charge is -2.18. The van der Waals surface area contributed by atoms with Crippen molar-refractivity contribution in [1.82, 2.24) is 15.2 Å². The number of ether oxygens (including phenoxy) is 1. The average molecular weight is 347 g/mol. The number of rotatable bonds is 5. The zero-order valence-corrected chi connectivity index (χ0v) is 14.8. The van der Waals surface area contributed by atoms with Gasteiger partial charge in [-0.15, -0.1) is 0 Å². The minimum atomic E-state index is -0.133. The van der Waals surface area contributed by atoms with Gasteiger partial charge in [0.15, 0.2) is 11.3 Å². The number of likely N-dealkylation sites (N-methyl/N-ethyl adjacent to an activating group) is 2. The van der Waals surface area contributed by atoms with E-state index >= 15 is 0 Å². The van der Waals surface area contributed by atoms with Gasteiger partial charge in [-0.1, -0.05) is 11.8 Å². The highest BCUT2D eigenvalue weighted by Gasteiger charge is 2.48. The molecule has 128 valence electrons. The molecule has 0 aromatic heterocycles. The van der Waals surface area contributed by atoms with E-state index in [2.05, 4.69) is 15.5 Å². The van der Waals surface area contributed by atoms with Gasteiger partial charge in [0, 0.05) is 13.1 Å². The van der Waals surface area contributed by atoms with Crippen LogP contribution in [0.1, 0.15) is 19.4 Å². The normalized spacial score (nSPS) is 23.0. The molecule has 8 heteroatoms. The van der Waals surface area contributed by atoms with Crippen LogP contribution in [0.15, 0.2) is 34.4 Å². The minimum absolute atomic E-state index is 0.0288. The standard InChI is InChI=1S/C16H21N5O2S/c1-4-20-13-14(21(5-2)16(20)22)24-15(18-13)19-17-10-11-6-8-12(23-3)9-7-11/h6-10,13-14H,4-5H2,1-3H3,(H,18,19)/b17-10+. The second-order valence-corrected chi connectivity index (χ2v) is 6.46. The number of benzene rings is 1. The summed E-state index contributed by atoms with van der Waals surface area (Å²) >= 11 is 1.55. The molecule has 7 nitrogen and oxygen atoms in total. The smallest absolute Gasteiger partial charge is 0.322 e. The van der Waals surface area contributed by atoms with Gasteiger partial charge in [0.05, 0.1) is 13.3 Å². The zero-order chi connectivity index (χ0) is 17.1. The number of hydrazone groups is 1. The van der Waals surface area contributed by atoms with Gasteiger partial charge in [-0.2, -0.15) is 5.10 Å². The Morgan fingerprint density at radius 3 is 2.62 bits per heavy atom. The van der Waals surface area contributed by atoms with Gasteiger partial charge in [-0.3, -0.25) is 10.3 Å². The summed E-state index contributed by atoms with van der Waals surface area (Å²) in [5.74, 6) is 0.813. The average Bonchev–Trinajstić information content (AvgIpc) is 3.10. The van der Waals surface area contributed by atoms with Crippen LogP contribution in [0, 0.1) is 0 Å². The zero-order valence-electron chi connectivity index (χ0n) is 14.0. The summed E-state index contributed by atoms with van der Waals surface area (Å²) in [6, 6.07) is 7.69. The Kier molecular flexibility index (Phi) is 4.94. The molecule has 2 unspecified atom stereocenters. The molecule has 1 aromatic rings.